The topological polar surface area (TPSA) is 100 Å². The molecule has 8 nitrogen and oxygen atoms in total. The van der Waals surface area contributed by atoms with Gasteiger partial charge in [-0.3, -0.25) is 4.79 Å². The summed E-state index contributed by atoms with van der Waals surface area (Å²) in [5.41, 5.74) is 3.54. The van der Waals surface area contributed by atoms with Crippen molar-refractivity contribution in [3.63, 3.8) is 0 Å². The first kappa shape index (κ1) is 27.5. The Morgan fingerprint density at radius 1 is 1.11 bits per heavy atom. The van der Waals surface area contributed by atoms with Crippen molar-refractivity contribution in [3.8, 4) is 5.75 Å². The van der Waals surface area contributed by atoms with Crippen LogP contribution in [0.25, 0.3) is 11.0 Å². The van der Waals surface area contributed by atoms with Crippen molar-refractivity contribution in [2.75, 3.05) is 30.2 Å². The van der Waals surface area contributed by atoms with Crippen molar-refractivity contribution >= 4 is 46.2 Å². The highest BCUT2D eigenvalue weighted by atomic mass is 32.2. The molecule has 2 aromatic carbocycles. The lowest BCUT2D eigenvalue weighted by molar-refractivity contribution is -0.120. The van der Waals surface area contributed by atoms with Gasteiger partial charge in [0.1, 0.15) is 5.75 Å². The fourth-order valence-corrected chi connectivity index (χ4v) is 4.87. The highest BCUT2D eigenvalue weighted by Crippen LogP contribution is 2.31. The molecule has 4 rings (SSSR count). The SMILES string of the molecule is CCCCCNCC(=O)NC1C=C(SNc2nc3ccccc3nc2Nc2cc(C)cc(OC)c2)C=CC1. The molecule has 0 spiro atoms. The molecule has 1 aromatic heterocycles. The predicted molar refractivity (Wildman–Crippen MR) is 158 cm³/mol. The first-order valence-electron chi connectivity index (χ1n) is 13.0. The summed E-state index contributed by atoms with van der Waals surface area (Å²) in [7, 11) is 1.66. The van der Waals surface area contributed by atoms with E-state index in [-0.39, 0.29) is 11.9 Å². The molecule has 1 aliphatic rings. The summed E-state index contributed by atoms with van der Waals surface area (Å²) in [4.78, 5) is 23.0. The van der Waals surface area contributed by atoms with Gasteiger partial charge < -0.3 is 25.4 Å². The molecule has 4 N–H and O–H groups in total. The smallest absolute Gasteiger partial charge is 0.234 e. The number of para-hydroxylation sites is 2. The number of aryl methyl sites for hydroxylation is 1. The van der Waals surface area contributed by atoms with E-state index in [0.29, 0.717) is 18.2 Å². The molecule has 1 atom stereocenters. The second kappa shape index (κ2) is 13.8. The first-order chi connectivity index (χ1) is 18.5. The third-order valence-corrected chi connectivity index (χ3v) is 6.82. The van der Waals surface area contributed by atoms with Crippen LogP contribution in [-0.4, -0.2) is 42.1 Å². The predicted octanol–water partition coefficient (Wildman–Crippen LogP) is 5.86. The van der Waals surface area contributed by atoms with Gasteiger partial charge in [-0.15, -0.1) is 0 Å². The first-order valence-corrected chi connectivity index (χ1v) is 13.9. The van der Waals surface area contributed by atoms with Crippen LogP contribution in [0, 0.1) is 6.92 Å². The molecule has 0 aliphatic heterocycles. The molecule has 1 aliphatic carbocycles. The largest absolute Gasteiger partial charge is 0.497 e. The number of carbonyl (C=O) groups excluding carboxylic acids is 1. The second-order valence-electron chi connectivity index (χ2n) is 9.24. The maximum Gasteiger partial charge on any atom is 0.234 e. The number of unbranched alkanes of at least 4 members (excludes halogenated alkanes) is 2. The average molecular weight is 533 g/mol. The van der Waals surface area contributed by atoms with Gasteiger partial charge in [-0.1, -0.05) is 44.1 Å². The average Bonchev–Trinajstić information content (AvgIpc) is 2.91. The minimum Gasteiger partial charge on any atom is -0.497 e. The number of benzene rings is 2. The number of rotatable bonds is 13. The van der Waals surface area contributed by atoms with Gasteiger partial charge in [-0.2, -0.15) is 0 Å². The van der Waals surface area contributed by atoms with Crippen molar-refractivity contribution in [1.29, 1.82) is 0 Å². The van der Waals surface area contributed by atoms with Gasteiger partial charge in [0.05, 0.1) is 30.7 Å². The Bertz CT molecular complexity index is 1310. The van der Waals surface area contributed by atoms with Crippen LogP contribution in [0.5, 0.6) is 5.75 Å². The lowest BCUT2D eigenvalue weighted by atomic mass is 10.1. The summed E-state index contributed by atoms with van der Waals surface area (Å²) in [6, 6.07) is 13.7. The number of aromatic nitrogens is 2. The van der Waals surface area contributed by atoms with Crippen molar-refractivity contribution in [2.45, 2.75) is 45.6 Å². The number of fused-ring (bicyclic) bond motifs is 1. The highest BCUT2D eigenvalue weighted by Gasteiger charge is 2.15. The van der Waals surface area contributed by atoms with E-state index in [2.05, 4.69) is 45.8 Å². The summed E-state index contributed by atoms with van der Waals surface area (Å²) < 4.78 is 8.80. The van der Waals surface area contributed by atoms with E-state index in [1.54, 1.807) is 7.11 Å². The molecule has 1 heterocycles. The number of hydrogen-bond acceptors (Lipinski definition) is 8. The van der Waals surface area contributed by atoms with Crippen LogP contribution in [0.4, 0.5) is 17.3 Å². The lowest BCUT2D eigenvalue weighted by Gasteiger charge is -2.19. The van der Waals surface area contributed by atoms with E-state index < -0.39 is 0 Å². The number of carbonyl (C=O) groups is 1. The minimum absolute atomic E-state index is 0.0100. The van der Waals surface area contributed by atoms with Gasteiger partial charge in [0, 0.05) is 16.7 Å². The molecular formula is C29H36N6O2S. The third kappa shape index (κ3) is 7.97. The number of ether oxygens (including phenoxy) is 1. The lowest BCUT2D eigenvalue weighted by Crippen LogP contribution is -2.40. The number of nitrogens with zero attached hydrogens (tertiary/aromatic N) is 2. The number of nitrogens with one attached hydrogen (secondary N) is 4. The summed E-state index contributed by atoms with van der Waals surface area (Å²) in [6.07, 6.45) is 10.4. The molecule has 38 heavy (non-hydrogen) atoms. The summed E-state index contributed by atoms with van der Waals surface area (Å²) in [5.74, 6) is 2.01. The normalized spacial score (nSPS) is 14.7. The van der Waals surface area contributed by atoms with E-state index in [1.165, 1.54) is 24.8 Å². The molecule has 0 bridgehead atoms. The number of hydrogen-bond donors (Lipinski definition) is 4. The fourth-order valence-electron chi connectivity index (χ4n) is 4.12. The molecule has 1 amide bonds. The van der Waals surface area contributed by atoms with E-state index in [4.69, 9.17) is 14.7 Å². The Balaban J connectivity index is 1.44. The maximum absolute atomic E-state index is 12.4. The minimum atomic E-state index is -0.0470. The summed E-state index contributed by atoms with van der Waals surface area (Å²) >= 11 is 1.44. The van der Waals surface area contributed by atoms with Crippen LogP contribution < -0.4 is 25.4 Å². The summed E-state index contributed by atoms with van der Waals surface area (Å²) in [5, 5.41) is 9.72. The molecule has 0 saturated carbocycles. The molecule has 0 radical (unpaired) electrons. The molecule has 1 unspecified atom stereocenters. The van der Waals surface area contributed by atoms with Crippen molar-refractivity contribution in [3.05, 3.63) is 71.2 Å². The molecule has 200 valence electrons. The van der Waals surface area contributed by atoms with E-state index in [0.717, 1.165) is 52.3 Å². The molecule has 0 saturated heterocycles. The zero-order chi connectivity index (χ0) is 26.7. The van der Waals surface area contributed by atoms with Crippen LogP contribution in [-0.2, 0) is 4.79 Å². The zero-order valence-corrected chi connectivity index (χ0v) is 23.0. The number of allylic oxidation sites excluding steroid dienone is 1. The van der Waals surface area contributed by atoms with Gasteiger partial charge in [0.15, 0.2) is 11.6 Å². The summed E-state index contributed by atoms with van der Waals surface area (Å²) in [6.45, 7) is 5.40. The number of amides is 1. The Kier molecular flexibility index (Phi) is 10.0. The van der Waals surface area contributed by atoms with Crippen LogP contribution in [0.1, 0.15) is 38.2 Å². The Morgan fingerprint density at radius 2 is 1.89 bits per heavy atom. The monoisotopic (exact) mass is 532 g/mol. The Labute approximate surface area is 228 Å². The van der Waals surface area contributed by atoms with Gasteiger partial charge in [0.25, 0.3) is 0 Å². The third-order valence-electron chi connectivity index (χ3n) is 6.01. The Hall–Kier alpha value is -3.56. The standard InChI is InChI=1S/C29H36N6O2S/c1-4-5-8-14-30-19-27(36)31-21-10-9-11-24(18-21)38-35-29-28(33-25-12-6-7-13-26(25)34-29)32-22-15-20(2)16-23(17-22)37-3/h6-7,9,11-13,15-18,21,30H,4-5,8,10,14,19H2,1-3H3,(H,31,36)(H,32,33)(H,34,35). The number of methoxy groups -OCH3 is 1. The van der Waals surface area contributed by atoms with Crippen LogP contribution in [0.2, 0.25) is 0 Å². The number of anilines is 3. The molecular weight excluding hydrogens is 496 g/mol. The van der Waals surface area contributed by atoms with Gasteiger partial charge >= 0.3 is 0 Å². The van der Waals surface area contributed by atoms with E-state index >= 15 is 0 Å². The van der Waals surface area contributed by atoms with Gasteiger partial charge in [-0.05, 0) is 74.2 Å². The Morgan fingerprint density at radius 3 is 2.66 bits per heavy atom. The van der Waals surface area contributed by atoms with Gasteiger partial charge in [-0.25, -0.2) is 9.97 Å². The zero-order valence-electron chi connectivity index (χ0n) is 22.2. The van der Waals surface area contributed by atoms with Crippen molar-refractivity contribution in [2.24, 2.45) is 0 Å². The van der Waals surface area contributed by atoms with E-state index in [9.17, 15) is 4.79 Å². The molecule has 0 fully saturated rings. The fraction of sp³-hybridized carbons (Fsp3) is 0.345. The molecule has 9 heteroatoms. The highest BCUT2D eigenvalue weighted by molar-refractivity contribution is 8.04. The van der Waals surface area contributed by atoms with Crippen molar-refractivity contribution < 1.29 is 9.53 Å². The molecule has 3 aromatic rings. The van der Waals surface area contributed by atoms with Crippen molar-refractivity contribution in [1.82, 2.24) is 20.6 Å². The second-order valence-corrected chi connectivity index (χ2v) is 10.1. The van der Waals surface area contributed by atoms with Gasteiger partial charge in [0.2, 0.25) is 5.91 Å². The van der Waals surface area contributed by atoms with Crippen LogP contribution in [0.3, 0.4) is 0 Å². The maximum atomic E-state index is 12.4. The van der Waals surface area contributed by atoms with Crippen LogP contribution in [0.15, 0.2) is 65.6 Å². The quantitative estimate of drug-likeness (QED) is 0.160. The van der Waals surface area contributed by atoms with E-state index in [1.807, 2.05) is 49.4 Å². The van der Waals surface area contributed by atoms with Crippen LogP contribution >= 0.6 is 11.9 Å².